The first-order valence-corrected chi connectivity index (χ1v) is 5.88. The van der Waals surface area contributed by atoms with Gasteiger partial charge in [0.15, 0.2) is 0 Å². The fraction of sp³-hybridized carbons (Fsp3) is 0.455. The highest BCUT2D eigenvalue weighted by molar-refractivity contribution is 14.1. The van der Waals surface area contributed by atoms with Crippen molar-refractivity contribution in [3.63, 3.8) is 0 Å². The molecule has 1 aromatic carbocycles. The number of halogens is 2. The van der Waals surface area contributed by atoms with Gasteiger partial charge in [-0.25, -0.2) is 7.50 Å². The van der Waals surface area contributed by atoms with Crippen LogP contribution in [0.3, 0.4) is 0 Å². The predicted molar refractivity (Wildman–Crippen MR) is 64.0 cm³/mol. The smallest absolute Gasteiger partial charge is 0.123 e. The molecule has 0 unspecified atom stereocenters. The zero-order chi connectivity index (χ0) is 9.97. The van der Waals surface area contributed by atoms with Crippen LogP contribution in [0.15, 0.2) is 24.3 Å². The molecule has 1 aliphatic heterocycles. The first-order chi connectivity index (χ1) is 6.75. The highest BCUT2D eigenvalue weighted by Gasteiger charge is 2.18. The molecule has 1 heterocycles. The molecule has 0 atom stereocenters. The summed E-state index contributed by atoms with van der Waals surface area (Å²) in [6, 6.07) is 6.96. The second-order valence-electron chi connectivity index (χ2n) is 3.74. The summed E-state index contributed by atoms with van der Waals surface area (Å²) in [5.74, 6) is 0.488. The largest absolute Gasteiger partial charge is 0.248 e. The summed E-state index contributed by atoms with van der Waals surface area (Å²) in [6.07, 6.45) is 2.38. The van der Waals surface area contributed by atoms with Gasteiger partial charge in [0.1, 0.15) is 5.82 Å². The first-order valence-electron chi connectivity index (χ1n) is 4.92. The Hall–Kier alpha value is -0.160. The van der Waals surface area contributed by atoms with Crippen molar-refractivity contribution in [2.24, 2.45) is 0 Å². The third-order valence-corrected chi connectivity index (χ3v) is 3.75. The Morgan fingerprint density at radius 3 is 2.29 bits per heavy atom. The quantitative estimate of drug-likeness (QED) is 0.568. The molecule has 0 spiro atoms. The number of hydrogen-bond donors (Lipinski definition) is 0. The van der Waals surface area contributed by atoms with Crippen molar-refractivity contribution in [1.29, 1.82) is 0 Å². The molecule has 76 valence electrons. The Labute approximate surface area is 97.8 Å². The molecule has 0 saturated carbocycles. The van der Waals surface area contributed by atoms with Gasteiger partial charge in [0.25, 0.3) is 0 Å². The molecule has 0 N–H and O–H groups in total. The van der Waals surface area contributed by atoms with Crippen LogP contribution in [-0.4, -0.2) is 16.2 Å². The first kappa shape index (κ1) is 10.4. The molecule has 0 aliphatic carbocycles. The minimum absolute atomic E-state index is 0.139. The minimum atomic E-state index is -0.139. The molecule has 0 aromatic heterocycles. The Morgan fingerprint density at radius 2 is 1.71 bits per heavy atom. The van der Waals surface area contributed by atoms with Crippen LogP contribution in [0.4, 0.5) is 4.39 Å². The lowest BCUT2D eigenvalue weighted by atomic mass is 9.90. The van der Waals surface area contributed by atoms with Crippen LogP contribution >= 0.6 is 22.9 Å². The molecular formula is C11H13FIN. The molecule has 0 radical (unpaired) electrons. The zero-order valence-corrected chi connectivity index (χ0v) is 10.1. The van der Waals surface area contributed by atoms with Gasteiger partial charge in [0.2, 0.25) is 0 Å². The standard InChI is InChI=1S/C11H13FIN/c12-11-3-1-9(2-4-11)10-5-7-14(13)8-6-10/h1-4,10H,5-8H2. The number of nitrogens with zero attached hydrogens (tertiary/aromatic N) is 1. The Kier molecular flexibility index (Phi) is 3.38. The van der Waals surface area contributed by atoms with Gasteiger partial charge in [0, 0.05) is 36.0 Å². The maximum Gasteiger partial charge on any atom is 0.123 e. The summed E-state index contributed by atoms with van der Waals surface area (Å²) in [4.78, 5) is 0. The normalized spacial score (nSPS) is 19.9. The van der Waals surface area contributed by atoms with Crippen molar-refractivity contribution in [1.82, 2.24) is 3.11 Å². The lowest BCUT2D eigenvalue weighted by Gasteiger charge is -2.27. The van der Waals surface area contributed by atoms with Crippen molar-refractivity contribution in [2.45, 2.75) is 18.8 Å². The molecule has 1 aromatic rings. The van der Waals surface area contributed by atoms with E-state index < -0.39 is 0 Å². The third kappa shape index (κ3) is 2.45. The van der Waals surface area contributed by atoms with Crippen LogP contribution in [0, 0.1) is 5.82 Å². The number of rotatable bonds is 1. The monoisotopic (exact) mass is 305 g/mol. The molecule has 1 saturated heterocycles. The van der Waals surface area contributed by atoms with Gasteiger partial charge in [-0.1, -0.05) is 12.1 Å². The number of benzene rings is 1. The predicted octanol–water partition coefficient (Wildman–Crippen LogP) is 3.36. The molecule has 14 heavy (non-hydrogen) atoms. The lowest BCUT2D eigenvalue weighted by molar-refractivity contribution is 0.368. The molecule has 1 nitrogen and oxygen atoms in total. The van der Waals surface area contributed by atoms with E-state index >= 15 is 0 Å². The van der Waals surface area contributed by atoms with Crippen molar-refractivity contribution < 1.29 is 4.39 Å². The van der Waals surface area contributed by atoms with Gasteiger partial charge in [-0.05, 0) is 36.5 Å². The van der Waals surface area contributed by atoms with E-state index in [1.165, 1.54) is 18.4 Å². The van der Waals surface area contributed by atoms with Crippen LogP contribution in [-0.2, 0) is 0 Å². The molecule has 0 amide bonds. The number of piperidine rings is 1. The second kappa shape index (κ2) is 4.57. The van der Waals surface area contributed by atoms with Gasteiger partial charge >= 0.3 is 0 Å². The average molecular weight is 305 g/mol. The minimum Gasteiger partial charge on any atom is -0.248 e. The summed E-state index contributed by atoms with van der Waals surface area (Å²) < 4.78 is 15.0. The van der Waals surface area contributed by atoms with E-state index in [1.807, 2.05) is 12.1 Å². The Morgan fingerprint density at radius 1 is 1.14 bits per heavy atom. The molecule has 1 fully saturated rings. The molecular weight excluding hydrogens is 292 g/mol. The summed E-state index contributed by atoms with van der Waals surface area (Å²) in [5.41, 5.74) is 1.29. The summed E-state index contributed by atoms with van der Waals surface area (Å²) >= 11 is 2.36. The van der Waals surface area contributed by atoms with E-state index in [2.05, 4.69) is 26.0 Å². The third-order valence-electron chi connectivity index (χ3n) is 2.78. The Bertz CT molecular complexity index is 291. The summed E-state index contributed by atoms with van der Waals surface area (Å²) in [6.45, 7) is 2.28. The van der Waals surface area contributed by atoms with Crippen molar-refractivity contribution in [3.05, 3.63) is 35.6 Å². The summed E-state index contributed by atoms with van der Waals surface area (Å²) in [7, 11) is 0. The molecule has 3 heteroatoms. The van der Waals surface area contributed by atoms with Crippen molar-refractivity contribution in [2.75, 3.05) is 13.1 Å². The molecule has 0 bridgehead atoms. The van der Waals surface area contributed by atoms with Crippen molar-refractivity contribution >= 4 is 22.9 Å². The fourth-order valence-electron chi connectivity index (χ4n) is 1.92. The Balaban J connectivity index is 2.05. The topological polar surface area (TPSA) is 3.24 Å². The van der Waals surface area contributed by atoms with E-state index in [0.717, 1.165) is 13.1 Å². The van der Waals surface area contributed by atoms with E-state index in [4.69, 9.17) is 0 Å². The second-order valence-corrected chi connectivity index (χ2v) is 5.10. The van der Waals surface area contributed by atoms with E-state index in [-0.39, 0.29) is 5.82 Å². The number of hydrogen-bond acceptors (Lipinski definition) is 1. The lowest BCUT2D eigenvalue weighted by Crippen LogP contribution is -2.24. The highest BCUT2D eigenvalue weighted by Crippen LogP contribution is 2.29. The van der Waals surface area contributed by atoms with Crippen molar-refractivity contribution in [3.8, 4) is 0 Å². The molecule has 1 aliphatic rings. The summed E-state index contributed by atoms with van der Waals surface area (Å²) in [5, 5.41) is 0. The average Bonchev–Trinajstić information content (AvgIpc) is 2.21. The maximum absolute atomic E-state index is 12.7. The van der Waals surface area contributed by atoms with E-state index in [0.29, 0.717) is 5.92 Å². The molecule has 2 rings (SSSR count). The van der Waals surface area contributed by atoms with Gasteiger partial charge < -0.3 is 0 Å². The van der Waals surface area contributed by atoms with Gasteiger partial charge in [-0.15, -0.1) is 0 Å². The van der Waals surface area contributed by atoms with E-state index in [9.17, 15) is 4.39 Å². The van der Waals surface area contributed by atoms with Gasteiger partial charge in [-0.3, -0.25) is 0 Å². The van der Waals surface area contributed by atoms with Crippen LogP contribution in [0.2, 0.25) is 0 Å². The van der Waals surface area contributed by atoms with Crippen LogP contribution in [0.25, 0.3) is 0 Å². The maximum atomic E-state index is 12.7. The van der Waals surface area contributed by atoms with E-state index in [1.54, 1.807) is 12.1 Å². The highest BCUT2D eigenvalue weighted by atomic mass is 127. The zero-order valence-electron chi connectivity index (χ0n) is 7.92. The SMILES string of the molecule is Fc1ccc(C2CCN(I)CC2)cc1. The van der Waals surface area contributed by atoms with Crippen LogP contribution in [0.5, 0.6) is 0 Å². The van der Waals surface area contributed by atoms with Crippen LogP contribution in [0.1, 0.15) is 24.3 Å². The van der Waals surface area contributed by atoms with Gasteiger partial charge in [0.05, 0.1) is 0 Å². The van der Waals surface area contributed by atoms with Crippen LogP contribution < -0.4 is 0 Å². The van der Waals surface area contributed by atoms with Gasteiger partial charge in [-0.2, -0.15) is 0 Å². The fourth-order valence-corrected chi connectivity index (χ4v) is 2.47.